The third-order valence-corrected chi connectivity index (χ3v) is 3.68. The Kier molecular flexibility index (Phi) is 7.40. The molecule has 3 heteroatoms. The third kappa shape index (κ3) is 5.42. The Balaban J connectivity index is 2.46. The van der Waals surface area contributed by atoms with Crippen LogP contribution in [0.2, 0.25) is 0 Å². The van der Waals surface area contributed by atoms with Crippen molar-refractivity contribution in [1.29, 1.82) is 0 Å². The average molecular weight is 268 g/mol. The molecule has 1 aromatic rings. The molecule has 0 unspecified atom stereocenters. The van der Waals surface area contributed by atoms with Crippen molar-refractivity contribution >= 4 is 11.8 Å². The summed E-state index contributed by atoms with van der Waals surface area (Å²) in [5.41, 5.74) is 1.38. The maximum absolute atomic E-state index is 5.52. The molecule has 0 aliphatic carbocycles. The standard InChI is InChI=1S/C15H24O2S/c1-5-16-15(17-6-2)11-18-14-9-7-13(8-10-14)12(3)4/h7-10,12,15H,5-6,11H2,1-4H3. The largest absolute Gasteiger partial charge is 0.352 e. The third-order valence-electron chi connectivity index (χ3n) is 2.64. The molecule has 0 saturated heterocycles. The van der Waals surface area contributed by atoms with Gasteiger partial charge < -0.3 is 9.47 Å². The van der Waals surface area contributed by atoms with Gasteiger partial charge in [0.05, 0.1) is 0 Å². The summed E-state index contributed by atoms with van der Waals surface area (Å²) < 4.78 is 11.0. The van der Waals surface area contributed by atoms with Gasteiger partial charge in [0, 0.05) is 23.9 Å². The van der Waals surface area contributed by atoms with Gasteiger partial charge in [-0.05, 0) is 37.5 Å². The summed E-state index contributed by atoms with van der Waals surface area (Å²) >= 11 is 1.78. The van der Waals surface area contributed by atoms with Crippen molar-refractivity contribution in [3.05, 3.63) is 29.8 Å². The van der Waals surface area contributed by atoms with E-state index in [1.165, 1.54) is 10.5 Å². The smallest absolute Gasteiger partial charge is 0.166 e. The molecule has 0 fully saturated rings. The molecule has 18 heavy (non-hydrogen) atoms. The SMILES string of the molecule is CCOC(CSc1ccc(C(C)C)cc1)OCC. The summed E-state index contributed by atoms with van der Waals surface area (Å²) in [5.74, 6) is 1.42. The molecule has 0 spiro atoms. The molecule has 0 aliphatic heterocycles. The molecule has 0 amide bonds. The number of hydrogen-bond acceptors (Lipinski definition) is 3. The summed E-state index contributed by atoms with van der Waals surface area (Å²) in [5, 5.41) is 0. The first-order valence-corrected chi connectivity index (χ1v) is 7.61. The van der Waals surface area contributed by atoms with Crippen LogP contribution in [0.4, 0.5) is 0 Å². The van der Waals surface area contributed by atoms with Gasteiger partial charge in [0.1, 0.15) is 0 Å². The predicted molar refractivity (Wildman–Crippen MR) is 78.3 cm³/mol. The molecule has 0 aromatic heterocycles. The van der Waals surface area contributed by atoms with Crippen molar-refractivity contribution in [3.8, 4) is 0 Å². The maximum Gasteiger partial charge on any atom is 0.166 e. The van der Waals surface area contributed by atoms with Crippen LogP contribution in [0.25, 0.3) is 0 Å². The molecule has 0 atom stereocenters. The first kappa shape index (κ1) is 15.5. The highest BCUT2D eigenvalue weighted by atomic mass is 32.2. The van der Waals surface area contributed by atoms with E-state index in [1.807, 2.05) is 13.8 Å². The Bertz CT molecular complexity index is 316. The molecule has 0 bridgehead atoms. The number of thioether (sulfide) groups is 1. The van der Waals surface area contributed by atoms with E-state index in [4.69, 9.17) is 9.47 Å². The Morgan fingerprint density at radius 2 is 1.56 bits per heavy atom. The van der Waals surface area contributed by atoms with Crippen LogP contribution in [0, 0.1) is 0 Å². The number of rotatable bonds is 8. The lowest BCUT2D eigenvalue weighted by Gasteiger charge is -2.16. The van der Waals surface area contributed by atoms with Crippen LogP contribution in [0.5, 0.6) is 0 Å². The molecule has 1 aromatic carbocycles. The van der Waals surface area contributed by atoms with Gasteiger partial charge in [0.25, 0.3) is 0 Å². The lowest BCUT2D eigenvalue weighted by molar-refractivity contribution is -0.120. The van der Waals surface area contributed by atoms with Crippen molar-refractivity contribution in [3.63, 3.8) is 0 Å². The minimum atomic E-state index is -0.102. The van der Waals surface area contributed by atoms with Crippen LogP contribution < -0.4 is 0 Å². The fourth-order valence-corrected chi connectivity index (χ4v) is 2.48. The average Bonchev–Trinajstić information content (AvgIpc) is 2.37. The van der Waals surface area contributed by atoms with Crippen molar-refractivity contribution in [2.75, 3.05) is 19.0 Å². The molecule has 1 rings (SSSR count). The van der Waals surface area contributed by atoms with Gasteiger partial charge in [-0.25, -0.2) is 0 Å². The number of benzene rings is 1. The van der Waals surface area contributed by atoms with Crippen LogP contribution in [0.1, 0.15) is 39.2 Å². The van der Waals surface area contributed by atoms with E-state index in [2.05, 4.69) is 38.1 Å². The Morgan fingerprint density at radius 1 is 1.00 bits per heavy atom. The van der Waals surface area contributed by atoms with Gasteiger partial charge in [-0.3, -0.25) is 0 Å². The molecular formula is C15H24O2S. The Labute approximate surface area is 115 Å². The lowest BCUT2D eigenvalue weighted by Crippen LogP contribution is -2.19. The summed E-state index contributed by atoms with van der Waals surface area (Å²) in [7, 11) is 0. The quantitative estimate of drug-likeness (QED) is 0.517. The van der Waals surface area contributed by atoms with Crippen molar-refractivity contribution < 1.29 is 9.47 Å². The normalized spacial score (nSPS) is 11.4. The van der Waals surface area contributed by atoms with E-state index in [1.54, 1.807) is 11.8 Å². The summed E-state index contributed by atoms with van der Waals surface area (Å²) in [6.07, 6.45) is -0.102. The first-order chi connectivity index (χ1) is 8.67. The summed E-state index contributed by atoms with van der Waals surface area (Å²) in [4.78, 5) is 1.27. The van der Waals surface area contributed by atoms with E-state index in [-0.39, 0.29) is 6.29 Å². The second-order valence-corrected chi connectivity index (χ2v) is 5.47. The van der Waals surface area contributed by atoms with Gasteiger partial charge in [0.2, 0.25) is 0 Å². The van der Waals surface area contributed by atoms with Gasteiger partial charge in [-0.15, -0.1) is 11.8 Å². The summed E-state index contributed by atoms with van der Waals surface area (Å²) in [6, 6.07) is 8.75. The van der Waals surface area contributed by atoms with Gasteiger partial charge >= 0.3 is 0 Å². The molecule has 0 saturated carbocycles. The zero-order valence-corrected chi connectivity index (χ0v) is 12.6. The van der Waals surface area contributed by atoms with Crippen molar-refractivity contribution in [1.82, 2.24) is 0 Å². The van der Waals surface area contributed by atoms with Gasteiger partial charge in [0.15, 0.2) is 6.29 Å². The van der Waals surface area contributed by atoms with Gasteiger partial charge in [-0.2, -0.15) is 0 Å². The van der Waals surface area contributed by atoms with E-state index < -0.39 is 0 Å². The summed E-state index contributed by atoms with van der Waals surface area (Å²) in [6.45, 7) is 9.79. The Hall–Kier alpha value is -0.510. The van der Waals surface area contributed by atoms with Gasteiger partial charge in [-0.1, -0.05) is 26.0 Å². The molecular weight excluding hydrogens is 244 g/mol. The van der Waals surface area contributed by atoms with E-state index >= 15 is 0 Å². The molecule has 0 aliphatic rings. The van der Waals surface area contributed by atoms with Crippen LogP contribution in [0.15, 0.2) is 29.2 Å². The highest BCUT2D eigenvalue weighted by Gasteiger charge is 2.08. The van der Waals surface area contributed by atoms with Crippen molar-refractivity contribution in [2.24, 2.45) is 0 Å². The maximum atomic E-state index is 5.52. The Morgan fingerprint density at radius 3 is 2.00 bits per heavy atom. The van der Waals surface area contributed by atoms with Crippen LogP contribution in [-0.2, 0) is 9.47 Å². The zero-order chi connectivity index (χ0) is 13.4. The zero-order valence-electron chi connectivity index (χ0n) is 11.8. The predicted octanol–water partition coefficient (Wildman–Crippen LogP) is 4.30. The molecule has 2 nitrogen and oxygen atoms in total. The number of ether oxygens (including phenoxy) is 2. The van der Waals surface area contributed by atoms with E-state index in [9.17, 15) is 0 Å². The van der Waals surface area contributed by atoms with Crippen molar-refractivity contribution in [2.45, 2.75) is 44.8 Å². The molecule has 0 N–H and O–H groups in total. The first-order valence-electron chi connectivity index (χ1n) is 6.63. The lowest BCUT2D eigenvalue weighted by atomic mass is 10.0. The van der Waals surface area contributed by atoms with Crippen LogP contribution in [-0.4, -0.2) is 25.3 Å². The second kappa shape index (κ2) is 8.57. The van der Waals surface area contributed by atoms with Crippen LogP contribution in [0.3, 0.4) is 0 Å². The minimum Gasteiger partial charge on any atom is -0.352 e. The highest BCUT2D eigenvalue weighted by molar-refractivity contribution is 7.99. The minimum absolute atomic E-state index is 0.102. The molecule has 0 radical (unpaired) electrons. The monoisotopic (exact) mass is 268 g/mol. The highest BCUT2D eigenvalue weighted by Crippen LogP contribution is 2.23. The van der Waals surface area contributed by atoms with E-state index in [0.29, 0.717) is 19.1 Å². The fraction of sp³-hybridized carbons (Fsp3) is 0.600. The molecule has 102 valence electrons. The number of hydrogen-bond donors (Lipinski definition) is 0. The van der Waals surface area contributed by atoms with E-state index in [0.717, 1.165) is 5.75 Å². The topological polar surface area (TPSA) is 18.5 Å². The second-order valence-electron chi connectivity index (χ2n) is 4.37. The molecule has 0 heterocycles. The van der Waals surface area contributed by atoms with Crippen LogP contribution >= 0.6 is 11.8 Å². The fourth-order valence-electron chi connectivity index (χ4n) is 1.63.